The third-order valence-electron chi connectivity index (χ3n) is 3.72. The summed E-state index contributed by atoms with van der Waals surface area (Å²) in [5.41, 5.74) is 2.16. The van der Waals surface area contributed by atoms with E-state index in [1.807, 2.05) is 6.07 Å². The van der Waals surface area contributed by atoms with E-state index < -0.39 is 5.97 Å². The van der Waals surface area contributed by atoms with Gasteiger partial charge in [0.15, 0.2) is 0 Å². The van der Waals surface area contributed by atoms with Gasteiger partial charge < -0.3 is 15.4 Å². The highest BCUT2D eigenvalue weighted by atomic mass is 35.5. The van der Waals surface area contributed by atoms with E-state index in [2.05, 4.69) is 15.6 Å². The van der Waals surface area contributed by atoms with Crippen molar-refractivity contribution < 1.29 is 14.3 Å². The van der Waals surface area contributed by atoms with Crippen molar-refractivity contribution >= 4 is 40.7 Å². The van der Waals surface area contributed by atoms with Gasteiger partial charge >= 0.3 is 5.97 Å². The maximum Gasteiger partial charge on any atom is 0.339 e. The van der Waals surface area contributed by atoms with Gasteiger partial charge in [-0.25, -0.2) is 9.78 Å². The number of rotatable bonds is 5. The van der Waals surface area contributed by atoms with Crippen LogP contribution in [0.3, 0.4) is 0 Å². The number of esters is 1. The maximum absolute atomic E-state index is 12.2. The molecule has 0 saturated heterocycles. The highest BCUT2D eigenvalue weighted by Gasteiger charge is 2.11. The normalized spacial score (nSPS) is 10.1. The van der Waals surface area contributed by atoms with Gasteiger partial charge in [0, 0.05) is 10.6 Å². The number of halogens is 1. The minimum atomic E-state index is -0.432. The molecule has 2 aromatic carbocycles. The molecule has 1 aromatic heterocycles. The molecule has 0 aliphatic rings. The molecule has 0 aliphatic heterocycles. The van der Waals surface area contributed by atoms with Crippen LogP contribution in [-0.2, 0) is 4.74 Å². The van der Waals surface area contributed by atoms with Crippen LogP contribution in [0.15, 0.2) is 66.9 Å². The fourth-order valence-corrected chi connectivity index (χ4v) is 2.49. The number of hydrogen-bond donors (Lipinski definition) is 2. The average molecular weight is 382 g/mol. The van der Waals surface area contributed by atoms with E-state index in [1.165, 1.54) is 7.11 Å². The number of nitrogens with zero attached hydrogens (tertiary/aromatic N) is 1. The smallest absolute Gasteiger partial charge is 0.339 e. The minimum Gasteiger partial charge on any atom is -0.465 e. The van der Waals surface area contributed by atoms with Crippen LogP contribution in [0.1, 0.15) is 20.7 Å². The lowest BCUT2D eigenvalue weighted by molar-refractivity contribution is 0.0601. The zero-order valence-corrected chi connectivity index (χ0v) is 15.2. The van der Waals surface area contributed by atoms with E-state index in [1.54, 1.807) is 60.8 Å². The number of benzene rings is 2. The van der Waals surface area contributed by atoms with E-state index in [9.17, 15) is 9.59 Å². The van der Waals surface area contributed by atoms with Crippen LogP contribution in [0.4, 0.5) is 17.2 Å². The van der Waals surface area contributed by atoms with Crippen molar-refractivity contribution in [2.75, 3.05) is 17.7 Å². The number of para-hydroxylation sites is 1. The molecule has 0 spiro atoms. The average Bonchev–Trinajstić information content (AvgIpc) is 2.70. The van der Waals surface area contributed by atoms with Crippen LogP contribution in [0.2, 0.25) is 5.02 Å². The zero-order chi connectivity index (χ0) is 19.2. The van der Waals surface area contributed by atoms with Crippen molar-refractivity contribution in [2.24, 2.45) is 0 Å². The van der Waals surface area contributed by atoms with Gasteiger partial charge in [0.05, 0.1) is 30.2 Å². The number of anilines is 3. The second-order valence-corrected chi connectivity index (χ2v) is 5.99. The molecule has 1 amide bonds. The van der Waals surface area contributed by atoms with Crippen LogP contribution in [-0.4, -0.2) is 24.0 Å². The number of nitrogens with one attached hydrogen (secondary N) is 2. The monoisotopic (exact) mass is 381 g/mol. The molecular weight excluding hydrogens is 366 g/mol. The maximum atomic E-state index is 12.2. The fraction of sp³-hybridized carbons (Fsp3) is 0.0500. The number of amides is 1. The summed E-state index contributed by atoms with van der Waals surface area (Å²) in [7, 11) is 1.33. The van der Waals surface area contributed by atoms with E-state index >= 15 is 0 Å². The number of aromatic nitrogens is 1. The van der Waals surface area contributed by atoms with Crippen LogP contribution >= 0.6 is 11.6 Å². The standard InChI is InChI=1S/C20H16ClN3O3/c1-27-20(26)16-4-2-3-5-17(16)23-15-10-11-18(22-12-15)24-19(25)13-6-8-14(21)9-7-13/h2-12,23H,1H3,(H,22,24,25). The van der Waals surface area contributed by atoms with Crippen molar-refractivity contribution in [3.8, 4) is 0 Å². The van der Waals surface area contributed by atoms with E-state index in [0.717, 1.165) is 0 Å². The van der Waals surface area contributed by atoms with E-state index in [4.69, 9.17) is 16.3 Å². The lowest BCUT2D eigenvalue weighted by atomic mass is 10.1. The second-order valence-electron chi connectivity index (χ2n) is 5.56. The molecule has 0 aliphatic carbocycles. The van der Waals surface area contributed by atoms with Gasteiger partial charge in [0.1, 0.15) is 5.82 Å². The van der Waals surface area contributed by atoms with Crippen LogP contribution < -0.4 is 10.6 Å². The van der Waals surface area contributed by atoms with Crippen LogP contribution in [0, 0.1) is 0 Å². The quantitative estimate of drug-likeness (QED) is 0.635. The molecule has 27 heavy (non-hydrogen) atoms. The fourth-order valence-electron chi connectivity index (χ4n) is 2.37. The molecule has 7 heteroatoms. The Kier molecular flexibility index (Phi) is 5.68. The first kappa shape index (κ1) is 18.4. The topological polar surface area (TPSA) is 80.3 Å². The molecule has 1 heterocycles. The zero-order valence-electron chi connectivity index (χ0n) is 14.4. The Bertz CT molecular complexity index is 957. The molecule has 3 aromatic rings. The molecule has 3 rings (SSSR count). The summed E-state index contributed by atoms with van der Waals surface area (Å²) in [4.78, 5) is 28.2. The van der Waals surface area contributed by atoms with E-state index in [-0.39, 0.29) is 5.91 Å². The highest BCUT2D eigenvalue weighted by molar-refractivity contribution is 6.30. The summed E-state index contributed by atoms with van der Waals surface area (Å²) in [6.45, 7) is 0. The Hall–Kier alpha value is -3.38. The van der Waals surface area contributed by atoms with Crippen molar-refractivity contribution in [3.05, 3.63) is 83.0 Å². The largest absolute Gasteiger partial charge is 0.465 e. The highest BCUT2D eigenvalue weighted by Crippen LogP contribution is 2.22. The van der Waals surface area contributed by atoms with Gasteiger partial charge in [0.2, 0.25) is 0 Å². The molecule has 0 radical (unpaired) electrons. The Balaban J connectivity index is 1.70. The Morgan fingerprint density at radius 3 is 2.41 bits per heavy atom. The molecule has 0 unspecified atom stereocenters. The number of ether oxygens (including phenoxy) is 1. The summed E-state index contributed by atoms with van der Waals surface area (Å²) in [6.07, 6.45) is 1.56. The summed E-state index contributed by atoms with van der Waals surface area (Å²) in [5, 5.41) is 6.39. The molecule has 6 nitrogen and oxygen atoms in total. The van der Waals surface area contributed by atoms with Gasteiger partial charge in [-0.05, 0) is 48.5 Å². The third kappa shape index (κ3) is 4.62. The van der Waals surface area contributed by atoms with Crippen molar-refractivity contribution in [2.45, 2.75) is 0 Å². The van der Waals surface area contributed by atoms with Gasteiger partial charge in [-0.1, -0.05) is 23.7 Å². The predicted molar refractivity (Wildman–Crippen MR) is 105 cm³/mol. The SMILES string of the molecule is COC(=O)c1ccccc1Nc1ccc(NC(=O)c2ccc(Cl)cc2)nc1. The van der Waals surface area contributed by atoms with Gasteiger partial charge in [-0.2, -0.15) is 0 Å². The Morgan fingerprint density at radius 1 is 1.00 bits per heavy atom. The molecule has 136 valence electrons. The molecule has 2 N–H and O–H groups in total. The molecule has 0 bridgehead atoms. The minimum absolute atomic E-state index is 0.282. The summed E-state index contributed by atoms with van der Waals surface area (Å²) >= 11 is 5.82. The second kappa shape index (κ2) is 8.33. The first-order valence-electron chi connectivity index (χ1n) is 8.04. The van der Waals surface area contributed by atoms with Crippen molar-refractivity contribution in [3.63, 3.8) is 0 Å². The van der Waals surface area contributed by atoms with Crippen LogP contribution in [0.25, 0.3) is 0 Å². The Morgan fingerprint density at radius 2 is 1.74 bits per heavy atom. The van der Waals surface area contributed by atoms with Gasteiger partial charge in [0.25, 0.3) is 5.91 Å². The first-order valence-corrected chi connectivity index (χ1v) is 8.42. The molecular formula is C20H16ClN3O3. The van der Waals surface area contributed by atoms with Crippen LogP contribution in [0.5, 0.6) is 0 Å². The third-order valence-corrected chi connectivity index (χ3v) is 3.97. The molecule has 0 atom stereocenters. The lowest BCUT2D eigenvalue weighted by Gasteiger charge is -2.11. The number of carbonyl (C=O) groups excluding carboxylic acids is 2. The summed E-state index contributed by atoms with van der Waals surface area (Å²) in [5.74, 6) is -0.310. The summed E-state index contributed by atoms with van der Waals surface area (Å²) < 4.78 is 4.78. The molecule has 0 fully saturated rings. The Labute approximate surface area is 161 Å². The van der Waals surface area contributed by atoms with E-state index in [0.29, 0.717) is 33.3 Å². The number of methoxy groups -OCH3 is 1. The van der Waals surface area contributed by atoms with Crippen molar-refractivity contribution in [1.29, 1.82) is 0 Å². The van der Waals surface area contributed by atoms with Gasteiger partial charge in [-0.15, -0.1) is 0 Å². The summed E-state index contributed by atoms with van der Waals surface area (Å²) in [6, 6.07) is 17.0. The number of hydrogen-bond acceptors (Lipinski definition) is 5. The lowest BCUT2D eigenvalue weighted by Crippen LogP contribution is -2.12. The van der Waals surface area contributed by atoms with Gasteiger partial charge in [-0.3, -0.25) is 4.79 Å². The van der Waals surface area contributed by atoms with Crippen molar-refractivity contribution in [1.82, 2.24) is 4.98 Å². The molecule has 0 saturated carbocycles. The first-order chi connectivity index (χ1) is 13.1. The number of carbonyl (C=O) groups is 2. The number of pyridine rings is 1. The predicted octanol–water partition coefficient (Wildman–Crippen LogP) is 4.52.